The number of methoxy groups -OCH3 is 1. The standard InChI is InChI=1S/C14H21BrN2O2/c1-19-12-6-9(14(16)13(15)7-12)8-17-10-2-4-11(18)5-3-10/h6-7,10-11,17-18H,2-5,8,16H2,1H3/t10-,11-. The first-order valence-corrected chi connectivity index (χ1v) is 7.42. The number of nitrogens with two attached hydrogens (primary N) is 1. The van der Waals surface area contributed by atoms with Gasteiger partial charge in [-0.15, -0.1) is 0 Å². The Hall–Kier alpha value is -0.780. The molecule has 1 fully saturated rings. The zero-order valence-corrected chi connectivity index (χ0v) is 12.7. The predicted molar refractivity (Wildman–Crippen MR) is 80.2 cm³/mol. The number of ether oxygens (including phenoxy) is 1. The summed E-state index contributed by atoms with van der Waals surface area (Å²) in [4.78, 5) is 0. The smallest absolute Gasteiger partial charge is 0.120 e. The quantitative estimate of drug-likeness (QED) is 0.742. The van der Waals surface area contributed by atoms with E-state index in [0.717, 1.165) is 53.7 Å². The van der Waals surface area contributed by atoms with Gasteiger partial charge in [0.1, 0.15) is 5.75 Å². The molecule has 2 rings (SSSR count). The molecule has 4 N–H and O–H groups in total. The predicted octanol–water partition coefficient (Wildman–Crippen LogP) is 2.43. The summed E-state index contributed by atoms with van der Waals surface area (Å²) < 4.78 is 6.11. The van der Waals surface area contributed by atoms with Gasteiger partial charge in [0.25, 0.3) is 0 Å². The highest BCUT2D eigenvalue weighted by molar-refractivity contribution is 9.10. The molecule has 0 bridgehead atoms. The number of nitrogens with one attached hydrogen (secondary N) is 1. The Balaban J connectivity index is 1.97. The maximum absolute atomic E-state index is 9.49. The van der Waals surface area contributed by atoms with E-state index in [-0.39, 0.29) is 6.10 Å². The fourth-order valence-corrected chi connectivity index (χ4v) is 2.93. The van der Waals surface area contributed by atoms with Gasteiger partial charge in [-0.1, -0.05) is 0 Å². The average Bonchev–Trinajstić information content (AvgIpc) is 2.42. The summed E-state index contributed by atoms with van der Waals surface area (Å²) in [6.45, 7) is 0.725. The van der Waals surface area contributed by atoms with Gasteiger partial charge in [-0.25, -0.2) is 0 Å². The normalized spacial score (nSPS) is 23.3. The Morgan fingerprint density at radius 1 is 1.37 bits per heavy atom. The van der Waals surface area contributed by atoms with Crippen LogP contribution in [-0.4, -0.2) is 24.4 Å². The molecule has 0 saturated heterocycles. The van der Waals surface area contributed by atoms with Crippen LogP contribution >= 0.6 is 15.9 Å². The molecule has 0 aliphatic heterocycles. The number of benzene rings is 1. The van der Waals surface area contributed by atoms with E-state index >= 15 is 0 Å². The van der Waals surface area contributed by atoms with Crippen molar-refractivity contribution in [1.82, 2.24) is 5.32 Å². The molecule has 4 nitrogen and oxygen atoms in total. The SMILES string of the molecule is COc1cc(Br)c(N)c(CN[C@H]2CC[C@H](O)CC2)c1. The lowest BCUT2D eigenvalue weighted by Gasteiger charge is -2.26. The third-order valence-corrected chi connectivity index (χ3v) is 4.36. The Morgan fingerprint density at radius 3 is 2.68 bits per heavy atom. The van der Waals surface area contributed by atoms with Gasteiger partial charge in [-0.3, -0.25) is 0 Å². The fourth-order valence-electron chi connectivity index (χ4n) is 2.45. The molecule has 0 unspecified atom stereocenters. The van der Waals surface area contributed by atoms with E-state index in [1.54, 1.807) is 7.11 Å². The van der Waals surface area contributed by atoms with Gasteiger partial charge < -0.3 is 20.9 Å². The monoisotopic (exact) mass is 328 g/mol. The average molecular weight is 329 g/mol. The molecule has 106 valence electrons. The molecule has 0 spiro atoms. The van der Waals surface area contributed by atoms with E-state index in [2.05, 4.69) is 21.2 Å². The van der Waals surface area contributed by atoms with Crippen molar-refractivity contribution >= 4 is 21.6 Å². The number of rotatable bonds is 4. The molecular formula is C14H21BrN2O2. The highest BCUT2D eigenvalue weighted by atomic mass is 79.9. The fraction of sp³-hybridized carbons (Fsp3) is 0.571. The number of aliphatic hydroxyl groups excluding tert-OH is 1. The molecule has 5 heteroatoms. The summed E-state index contributed by atoms with van der Waals surface area (Å²) in [6, 6.07) is 4.30. The zero-order valence-electron chi connectivity index (χ0n) is 11.2. The maximum Gasteiger partial charge on any atom is 0.120 e. The molecule has 0 aromatic heterocycles. The van der Waals surface area contributed by atoms with Crippen LogP contribution in [0.25, 0.3) is 0 Å². The van der Waals surface area contributed by atoms with Gasteiger partial charge in [0.2, 0.25) is 0 Å². The number of nitrogen functional groups attached to an aromatic ring is 1. The van der Waals surface area contributed by atoms with E-state index in [9.17, 15) is 5.11 Å². The third kappa shape index (κ3) is 3.84. The van der Waals surface area contributed by atoms with E-state index < -0.39 is 0 Å². The molecule has 0 heterocycles. The molecule has 1 aliphatic rings. The maximum atomic E-state index is 9.49. The molecule has 1 aromatic rings. The van der Waals surface area contributed by atoms with Crippen LogP contribution in [0.1, 0.15) is 31.2 Å². The molecule has 1 aromatic carbocycles. The number of anilines is 1. The van der Waals surface area contributed by atoms with Crippen LogP contribution in [0.3, 0.4) is 0 Å². The number of hydrogen-bond donors (Lipinski definition) is 3. The minimum absolute atomic E-state index is 0.117. The summed E-state index contributed by atoms with van der Waals surface area (Å²) in [6.07, 6.45) is 3.69. The first-order chi connectivity index (χ1) is 9.10. The van der Waals surface area contributed by atoms with Crippen LogP contribution in [0.15, 0.2) is 16.6 Å². The van der Waals surface area contributed by atoms with Crippen molar-refractivity contribution in [3.63, 3.8) is 0 Å². The topological polar surface area (TPSA) is 67.5 Å². The van der Waals surface area contributed by atoms with Crippen LogP contribution in [0.4, 0.5) is 5.69 Å². The minimum Gasteiger partial charge on any atom is -0.497 e. The van der Waals surface area contributed by atoms with Crippen LogP contribution in [0.5, 0.6) is 5.75 Å². The van der Waals surface area contributed by atoms with Gasteiger partial charge in [0.05, 0.1) is 18.9 Å². The highest BCUT2D eigenvalue weighted by Crippen LogP contribution is 2.29. The second-order valence-electron chi connectivity index (χ2n) is 5.07. The van der Waals surface area contributed by atoms with E-state index in [0.29, 0.717) is 6.04 Å². The Bertz CT molecular complexity index is 432. The summed E-state index contributed by atoms with van der Waals surface area (Å²) in [5.74, 6) is 0.803. The summed E-state index contributed by atoms with van der Waals surface area (Å²) in [5, 5.41) is 13.0. The first kappa shape index (κ1) is 14.6. The highest BCUT2D eigenvalue weighted by Gasteiger charge is 2.19. The van der Waals surface area contributed by atoms with E-state index in [1.807, 2.05) is 12.1 Å². The van der Waals surface area contributed by atoms with Gasteiger partial charge in [-0.05, 0) is 59.3 Å². The third-order valence-electron chi connectivity index (χ3n) is 3.70. The lowest BCUT2D eigenvalue weighted by atomic mass is 9.93. The van der Waals surface area contributed by atoms with Gasteiger partial charge >= 0.3 is 0 Å². The molecule has 1 saturated carbocycles. The van der Waals surface area contributed by atoms with Crippen LogP contribution in [0.2, 0.25) is 0 Å². The van der Waals surface area contributed by atoms with Gasteiger partial charge in [0.15, 0.2) is 0 Å². The Labute approximate surface area is 122 Å². The summed E-state index contributed by atoms with van der Waals surface area (Å²) >= 11 is 3.45. The molecule has 19 heavy (non-hydrogen) atoms. The van der Waals surface area contributed by atoms with Crippen LogP contribution < -0.4 is 15.8 Å². The van der Waals surface area contributed by atoms with Crippen molar-refractivity contribution < 1.29 is 9.84 Å². The lowest BCUT2D eigenvalue weighted by molar-refractivity contribution is 0.116. The molecule has 1 aliphatic carbocycles. The summed E-state index contributed by atoms with van der Waals surface area (Å²) in [5.41, 5.74) is 7.85. The number of halogens is 1. The van der Waals surface area contributed by atoms with Crippen molar-refractivity contribution in [2.24, 2.45) is 0 Å². The summed E-state index contributed by atoms with van der Waals surface area (Å²) in [7, 11) is 1.65. The van der Waals surface area contributed by atoms with E-state index in [1.165, 1.54) is 0 Å². The molecule has 0 radical (unpaired) electrons. The first-order valence-electron chi connectivity index (χ1n) is 6.63. The van der Waals surface area contributed by atoms with Crippen molar-refractivity contribution in [2.75, 3.05) is 12.8 Å². The van der Waals surface area contributed by atoms with E-state index in [4.69, 9.17) is 10.5 Å². The molecule has 0 atom stereocenters. The second-order valence-corrected chi connectivity index (χ2v) is 5.92. The Kier molecular flexibility index (Phi) is 5.07. The van der Waals surface area contributed by atoms with Crippen molar-refractivity contribution in [3.05, 3.63) is 22.2 Å². The molecular weight excluding hydrogens is 308 g/mol. The van der Waals surface area contributed by atoms with Crippen molar-refractivity contribution in [1.29, 1.82) is 0 Å². The Morgan fingerprint density at radius 2 is 2.05 bits per heavy atom. The van der Waals surface area contributed by atoms with Gasteiger partial charge in [0, 0.05) is 17.1 Å². The largest absolute Gasteiger partial charge is 0.497 e. The van der Waals surface area contributed by atoms with Crippen LogP contribution in [-0.2, 0) is 6.54 Å². The van der Waals surface area contributed by atoms with Crippen molar-refractivity contribution in [3.8, 4) is 5.75 Å². The number of aliphatic hydroxyl groups is 1. The van der Waals surface area contributed by atoms with Crippen LogP contribution in [0, 0.1) is 0 Å². The zero-order chi connectivity index (χ0) is 13.8. The van der Waals surface area contributed by atoms with Gasteiger partial charge in [-0.2, -0.15) is 0 Å². The minimum atomic E-state index is -0.117. The lowest BCUT2D eigenvalue weighted by Crippen LogP contribution is -2.34. The molecule has 0 amide bonds. The number of hydrogen-bond acceptors (Lipinski definition) is 4. The van der Waals surface area contributed by atoms with Crippen molar-refractivity contribution in [2.45, 2.75) is 44.4 Å². The second kappa shape index (κ2) is 6.59.